The van der Waals surface area contributed by atoms with Crippen molar-refractivity contribution in [2.45, 2.75) is 0 Å². The Morgan fingerprint density at radius 1 is 1.18 bits per heavy atom. The predicted octanol–water partition coefficient (Wildman–Crippen LogP) is 2.18. The summed E-state index contributed by atoms with van der Waals surface area (Å²) in [6.45, 7) is -0.440. The number of carbonyl (C=O) groups is 2. The van der Waals surface area contributed by atoms with Crippen LogP contribution in [-0.2, 0) is 9.53 Å². The van der Waals surface area contributed by atoms with Crippen molar-refractivity contribution in [2.24, 2.45) is 0 Å². The molecular formula is C18H17N3O7. The van der Waals surface area contributed by atoms with Crippen molar-refractivity contribution < 1.29 is 28.7 Å². The topological polar surface area (TPSA) is 120 Å². The number of nitro groups is 1. The molecule has 28 heavy (non-hydrogen) atoms. The SMILES string of the molecule is CN(C)c1ccc([N+](=O)[O-])cc1C(=O)OCC(=O)Nc1ccc2c(c1)OCO2. The number of hydrogen-bond acceptors (Lipinski definition) is 8. The van der Waals surface area contributed by atoms with E-state index in [9.17, 15) is 19.7 Å². The standard InChI is InChI=1S/C18H17N3O7/c1-20(2)14-5-4-12(21(24)25)8-13(14)18(23)26-9-17(22)19-11-3-6-15-16(7-11)28-10-27-15/h3-8H,9-10H2,1-2H3,(H,19,22). The molecule has 1 heterocycles. The van der Waals surface area contributed by atoms with E-state index >= 15 is 0 Å². The van der Waals surface area contributed by atoms with Gasteiger partial charge >= 0.3 is 5.97 Å². The lowest BCUT2D eigenvalue weighted by Crippen LogP contribution is -2.22. The van der Waals surface area contributed by atoms with Crippen molar-refractivity contribution in [2.75, 3.05) is 37.7 Å². The minimum absolute atomic E-state index is 0.00456. The van der Waals surface area contributed by atoms with Crippen molar-refractivity contribution in [3.63, 3.8) is 0 Å². The van der Waals surface area contributed by atoms with Crippen LogP contribution in [0.1, 0.15) is 10.4 Å². The molecule has 10 nitrogen and oxygen atoms in total. The number of nitrogens with zero attached hydrogens (tertiary/aromatic N) is 2. The summed E-state index contributed by atoms with van der Waals surface area (Å²) < 4.78 is 15.4. The molecule has 1 aliphatic rings. The first-order valence-corrected chi connectivity index (χ1v) is 8.17. The van der Waals surface area contributed by atoms with Crippen LogP contribution >= 0.6 is 0 Å². The summed E-state index contributed by atoms with van der Waals surface area (Å²) in [6, 6.07) is 8.72. The summed E-state index contributed by atoms with van der Waals surface area (Å²) in [5.74, 6) is -0.328. The second kappa shape index (κ2) is 7.82. The molecule has 0 aromatic heterocycles. The summed E-state index contributed by atoms with van der Waals surface area (Å²) in [6.07, 6.45) is 0. The number of esters is 1. The van der Waals surface area contributed by atoms with Crippen molar-refractivity contribution in [1.82, 2.24) is 0 Å². The van der Waals surface area contributed by atoms with Gasteiger partial charge < -0.3 is 24.4 Å². The van der Waals surface area contributed by atoms with E-state index in [-0.39, 0.29) is 18.0 Å². The molecule has 2 aromatic rings. The maximum Gasteiger partial charge on any atom is 0.341 e. The smallest absolute Gasteiger partial charge is 0.341 e. The fraction of sp³-hybridized carbons (Fsp3) is 0.222. The van der Waals surface area contributed by atoms with Crippen molar-refractivity contribution >= 4 is 28.9 Å². The van der Waals surface area contributed by atoms with Crippen molar-refractivity contribution in [3.05, 3.63) is 52.1 Å². The van der Waals surface area contributed by atoms with Gasteiger partial charge in [-0.25, -0.2) is 4.79 Å². The number of nitro benzene ring substituents is 1. The molecule has 0 saturated heterocycles. The molecule has 0 atom stereocenters. The molecule has 0 saturated carbocycles. The first-order chi connectivity index (χ1) is 13.3. The molecule has 0 aliphatic carbocycles. The van der Waals surface area contributed by atoms with Gasteiger partial charge in [-0.05, 0) is 18.2 Å². The predicted molar refractivity (Wildman–Crippen MR) is 98.9 cm³/mol. The van der Waals surface area contributed by atoms with Gasteiger partial charge in [0.05, 0.1) is 16.2 Å². The molecule has 146 valence electrons. The van der Waals surface area contributed by atoms with Gasteiger partial charge in [-0.3, -0.25) is 14.9 Å². The Labute approximate surface area is 159 Å². The number of rotatable bonds is 6. The quantitative estimate of drug-likeness (QED) is 0.455. The minimum Gasteiger partial charge on any atom is -0.454 e. The number of ether oxygens (including phenoxy) is 3. The van der Waals surface area contributed by atoms with Crippen LogP contribution in [0, 0.1) is 10.1 Å². The number of benzene rings is 2. The monoisotopic (exact) mass is 387 g/mol. The average molecular weight is 387 g/mol. The fourth-order valence-electron chi connectivity index (χ4n) is 2.57. The Hall–Kier alpha value is -3.82. The first kappa shape index (κ1) is 19.0. The van der Waals surface area contributed by atoms with E-state index in [1.807, 2.05) is 0 Å². The van der Waals surface area contributed by atoms with Crippen LogP contribution in [0.2, 0.25) is 0 Å². The highest BCUT2D eigenvalue weighted by Crippen LogP contribution is 2.34. The molecule has 0 bridgehead atoms. The van der Waals surface area contributed by atoms with Crippen molar-refractivity contribution in [3.8, 4) is 11.5 Å². The normalized spacial score (nSPS) is 11.6. The minimum atomic E-state index is -0.840. The molecule has 0 radical (unpaired) electrons. The van der Waals surface area contributed by atoms with Gasteiger partial charge in [-0.2, -0.15) is 0 Å². The molecule has 0 unspecified atom stereocenters. The number of amides is 1. The summed E-state index contributed by atoms with van der Waals surface area (Å²) in [7, 11) is 3.37. The van der Waals surface area contributed by atoms with E-state index in [4.69, 9.17) is 14.2 Å². The molecule has 1 amide bonds. The van der Waals surface area contributed by atoms with E-state index < -0.39 is 23.4 Å². The second-order valence-electron chi connectivity index (χ2n) is 6.05. The average Bonchev–Trinajstić information content (AvgIpc) is 3.13. The highest BCUT2D eigenvalue weighted by atomic mass is 16.7. The Kier molecular flexibility index (Phi) is 5.30. The van der Waals surface area contributed by atoms with E-state index in [1.54, 1.807) is 37.2 Å². The molecule has 1 N–H and O–H groups in total. The lowest BCUT2D eigenvalue weighted by molar-refractivity contribution is -0.384. The Balaban J connectivity index is 1.65. The lowest BCUT2D eigenvalue weighted by Gasteiger charge is -2.16. The maximum absolute atomic E-state index is 12.4. The number of hydrogen-bond donors (Lipinski definition) is 1. The van der Waals surface area contributed by atoms with Gasteiger partial charge in [0.2, 0.25) is 6.79 Å². The van der Waals surface area contributed by atoms with Crippen molar-refractivity contribution in [1.29, 1.82) is 0 Å². The van der Waals surface area contributed by atoms with Gasteiger partial charge in [0.1, 0.15) is 0 Å². The molecule has 3 rings (SSSR count). The summed E-state index contributed by atoms with van der Waals surface area (Å²) >= 11 is 0. The lowest BCUT2D eigenvalue weighted by atomic mass is 10.1. The molecule has 2 aromatic carbocycles. The largest absolute Gasteiger partial charge is 0.454 e. The van der Waals surface area contributed by atoms with Gasteiger partial charge in [-0.1, -0.05) is 0 Å². The summed E-state index contributed by atoms with van der Waals surface area (Å²) in [4.78, 5) is 36.4. The van der Waals surface area contributed by atoms with Gasteiger partial charge in [-0.15, -0.1) is 0 Å². The number of non-ortho nitro benzene ring substituents is 1. The Bertz CT molecular complexity index is 943. The molecule has 0 fully saturated rings. The van der Waals surface area contributed by atoms with Crippen LogP contribution in [0.5, 0.6) is 11.5 Å². The zero-order chi connectivity index (χ0) is 20.3. The van der Waals surface area contributed by atoms with Crippen LogP contribution in [0.15, 0.2) is 36.4 Å². The highest BCUT2D eigenvalue weighted by molar-refractivity contribution is 5.99. The van der Waals surface area contributed by atoms with Crippen LogP contribution in [0.3, 0.4) is 0 Å². The summed E-state index contributed by atoms with van der Waals surface area (Å²) in [5.41, 5.74) is 0.638. The van der Waals surface area contributed by atoms with Gasteiger partial charge in [0, 0.05) is 38.0 Å². The molecule has 0 spiro atoms. The number of nitrogens with one attached hydrogen (secondary N) is 1. The molecule has 10 heteroatoms. The Morgan fingerprint density at radius 3 is 2.64 bits per heavy atom. The third-order valence-electron chi connectivity index (χ3n) is 3.88. The van der Waals surface area contributed by atoms with Gasteiger partial charge in [0.15, 0.2) is 18.1 Å². The number of anilines is 2. The van der Waals surface area contributed by atoms with E-state index in [0.29, 0.717) is 22.9 Å². The second-order valence-corrected chi connectivity index (χ2v) is 6.05. The highest BCUT2D eigenvalue weighted by Gasteiger charge is 2.20. The molecular weight excluding hydrogens is 370 g/mol. The van der Waals surface area contributed by atoms with Crippen LogP contribution in [-0.4, -0.2) is 44.3 Å². The number of carbonyl (C=O) groups excluding carboxylic acids is 2. The van der Waals surface area contributed by atoms with Crippen LogP contribution < -0.4 is 19.7 Å². The zero-order valence-corrected chi connectivity index (χ0v) is 15.1. The zero-order valence-electron chi connectivity index (χ0n) is 15.1. The molecule has 1 aliphatic heterocycles. The van der Waals surface area contributed by atoms with Crippen LogP contribution in [0.4, 0.5) is 17.1 Å². The first-order valence-electron chi connectivity index (χ1n) is 8.17. The Morgan fingerprint density at radius 2 is 1.93 bits per heavy atom. The van der Waals surface area contributed by atoms with Gasteiger partial charge in [0.25, 0.3) is 11.6 Å². The van der Waals surface area contributed by atoms with E-state index in [2.05, 4.69) is 5.32 Å². The van der Waals surface area contributed by atoms with E-state index in [0.717, 1.165) is 6.07 Å². The fourth-order valence-corrected chi connectivity index (χ4v) is 2.57. The summed E-state index contributed by atoms with van der Waals surface area (Å²) in [5, 5.41) is 13.5. The third-order valence-corrected chi connectivity index (χ3v) is 3.88. The third kappa shape index (κ3) is 4.11. The maximum atomic E-state index is 12.4. The van der Waals surface area contributed by atoms with Crippen LogP contribution in [0.25, 0.3) is 0 Å². The number of fused-ring (bicyclic) bond motifs is 1. The van der Waals surface area contributed by atoms with E-state index in [1.165, 1.54) is 12.1 Å².